The van der Waals surface area contributed by atoms with Crippen molar-refractivity contribution in [3.05, 3.63) is 58.8 Å². The summed E-state index contributed by atoms with van der Waals surface area (Å²) in [6.45, 7) is 1.89. The summed E-state index contributed by atoms with van der Waals surface area (Å²) in [6, 6.07) is 8.59. The van der Waals surface area contributed by atoms with Crippen LogP contribution in [0.25, 0.3) is 16.7 Å². The Hall–Kier alpha value is -3.22. The topological polar surface area (TPSA) is 85.3 Å². The molecule has 4 aromatic rings. The molecule has 22 heavy (non-hydrogen) atoms. The van der Waals surface area contributed by atoms with Crippen molar-refractivity contribution in [3.63, 3.8) is 0 Å². The predicted octanol–water partition coefficient (Wildman–Crippen LogP) is 2.28. The molecule has 7 nitrogen and oxygen atoms in total. The van der Waals surface area contributed by atoms with Crippen molar-refractivity contribution in [2.75, 3.05) is 5.32 Å². The largest absolute Gasteiger partial charge is 0.464 e. The van der Waals surface area contributed by atoms with Crippen LogP contribution in [-0.2, 0) is 0 Å². The monoisotopic (exact) mass is 293 g/mol. The molecule has 0 fully saturated rings. The highest BCUT2D eigenvalue weighted by Crippen LogP contribution is 2.21. The van der Waals surface area contributed by atoms with Crippen LogP contribution in [-0.4, -0.2) is 19.6 Å². The Bertz CT molecular complexity index is 1050. The van der Waals surface area contributed by atoms with Crippen LogP contribution in [0.2, 0.25) is 0 Å². The zero-order valence-electron chi connectivity index (χ0n) is 11.6. The molecule has 108 valence electrons. The maximum atomic E-state index is 11.7. The SMILES string of the molecule is Cc1cc(Nc2ccc3c(=O)ccoc3c2)n2ncnc2n1. The van der Waals surface area contributed by atoms with Crippen molar-refractivity contribution in [2.45, 2.75) is 6.92 Å². The summed E-state index contributed by atoms with van der Waals surface area (Å²) < 4.78 is 6.99. The Labute approximate surface area is 124 Å². The van der Waals surface area contributed by atoms with E-state index < -0.39 is 0 Å². The van der Waals surface area contributed by atoms with E-state index >= 15 is 0 Å². The fraction of sp³-hybridized carbons (Fsp3) is 0.0667. The Morgan fingerprint density at radius 1 is 1.23 bits per heavy atom. The molecule has 7 heteroatoms. The Morgan fingerprint density at radius 3 is 3.05 bits per heavy atom. The minimum absolute atomic E-state index is 0.0637. The molecule has 0 bridgehead atoms. The third-order valence-corrected chi connectivity index (χ3v) is 3.31. The fourth-order valence-electron chi connectivity index (χ4n) is 2.33. The van der Waals surface area contributed by atoms with E-state index in [1.165, 1.54) is 18.7 Å². The Kier molecular flexibility index (Phi) is 2.65. The lowest BCUT2D eigenvalue weighted by molar-refractivity contribution is 0.603. The molecule has 0 aliphatic heterocycles. The number of aryl methyl sites for hydroxylation is 1. The first-order valence-electron chi connectivity index (χ1n) is 6.67. The molecule has 0 aliphatic carbocycles. The number of nitrogens with zero attached hydrogens (tertiary/aromatic N) is 4. The van der Waals surface area contributed by atoms with E-state index in [2.05, 4.69) is 20.4 Å². The first-order chi connectivity index (χ1) is 10.7. The molecule has 0 atom stereocenters. The molecule has 0 radical (unpaired) electrons. The number of hydrogen-bond acceptors (Lipinski definition) is 6. The molecule has 0 saturated carbocycles. The summed E-state index contributed by atoms with van der Waals surface area (Å²) in [4.78, 5) is 20.1. The van der Waals surface area contributed by atoms with Gasteiger partial charge in [0, 0.05) is 29.6 Å². The first kappa shape index (κ1) is 12.5. The summed E-state index contributed by atoms with van der Waals surface area (Å²) in [5.41, 5.74) is 2.07. The van der Waals surface area contributed by atoms with E-state index in [0.717, 1.165) is 17.2 Å². The first-order valence-corrected chi connectivity index (χ1v) is 6.67. The van der Waals surface area contributed by atoms with Crippen molar-refractivity contribution >= 4 is 28.3 Å². The number of nitrogens with one attached hydrogen (secondary N) is 1. The number of fused-ring (bicyclic) bond motifs is 2. The second-order valence-electron chi connectivity index (χ2n) is 4.88. The molecule has 0 saturated heterocycles. The zero-order chi connectivity index (χ0) is 15.1. The maximum absolute atomic E-state index is 11.7. The van der Waals surface area contributed by atoms with Crippen molar-refractivity contribution in [1.29, 1.82) is 0 Å². The summed E-state index contributed by atoms with van der Waals surface area (Å²) in [5.74, 6) is 1.26. The molecule has 0 aliphatic rings. The van der Waals surface area contributed by atoms with Gasteiger partial charge in [-0.05, 0) is 19.1 Å². The van der Waals surface area contributed by atoms with Gasteiger partial charge in [-0.25, -0.2) is 4.98 Å². The van der Waals surface area contributed by atoms with Crippen LogP contribution in [0.15, 0.2) is 52.1 Å². The molecule has 0 unspecified atom stereocenters. The van der Waals surface area contributed by atoms with Crippen molar-refractivity contribution in [2.24, 2.45) is 0 Å². The van der Waals surface area contributed by atoms with E-state index in [0.29, 0.717) is 16.7 Å². The maximum Gasteiger partial charge on any atom is 0.254 e. The van der Waals surface area contributed by atoms with E-state index in [1.54, 1.807) is 16.6 Å². The molecule has 3 heterocycles. The van der Waals surface area contributed by atoms with Crippen molar-refractivity contribution in [1.82, 2.24) is 19.6 Å². The highest BCUT2D eigenvalue weighted by Gasteiger charge is 2.07. The van der Waals surface area contributed by atoms with E-state index in [4.69, 9.17) is 4.42 Å². The second-order valence-corrected chi connectivity index (χ2v) is 4.88. The molecule has 1 aromatic carbocycles. The average molecular weight is 293 g/mol. The standard InChI is InChI=1S/C15H11N5O2/c1-9-6-14(20-15(18-9)16-8-17-20)19-10-2-3-11-12(21)4-5-22-13(11)7-10/h2-8,19H,1H3. The highest BCUT2D eigenvalue weighted by molar-refractivity contribution is 5.81. The van der Waals surface area contributed by atoms with Gasteiger partial charge in [-0.15, -0.1) is 0 Å². The molecule has 4 rings (SSSR count). The van der Waals surface area contributed by atoms with Gasteiger partial charge in [0.05, 0.1) is 11.6 Å². The van der Waals surface area contributed by atoms with Crippen molar-refractivity contribution < 1.29 is 4.42 Å². The van der Waals surface area contributed by atoms with Gasteiger partial charge in [-0.1, -0.05) is 0 Å². The minimum Gasteiger partial charge on any atom is -0.464 e. The molecule has 3 aromatic heterocycles. The van der Waals surface area contributed by atoms with E-state index in [1.807, 2.05) is 19.1 Å². The third-order valence-electron chi connectivity index (χ3n) is 3.31. The van der Waals surface area contributed by atoms with Gasteiger partial charge >= 0.3 is 0 Å². The van der Waals surface area contributed by atoms with Gasteiger partial charge in [-0.2, -0.15) is 14.6 Å². The zero-order valence-corrected chi connectivity index (χ0v) is 11.6. The lowest BCUT2D eigenvalue weighted by atomic mass is 10.2. The van der Waals surface area contributed by atoms with Crippen LogP contribution < -0.4 is 10.7 Å². The molecular formula is C15H11N5O2. The summed E-state index contributed by atoms with van der Waals surface area (Å²) in [6.07, 6.45) is 2.84. The third kappa shape index (κ3) is 1.99. The minimum atomic E-state index is -0.0637. The van der Waals surface area contributed by atoms with Gasteiger partial charge < -0.3 is 9.73 Å². The number of benzene rings is 1. The van der Waals surface area contributed by atoms with Gasteiger partial charge in [0.15, 0.2) is 5.43 Å². The van der Waals surface area contributed by atoms with Crippen LogP contribution in [0.1, 0.15) is 5.69 Å². The smallest absolute Gasteiger partial charge is 0.254 e. The van der Waals surface area contributed by atoms with Crippen LogP contribution >= 0.6 is 0 Å². The lowest BCUT2D eigenvalue weighted by Crippen LogP contribution is -2.03. The van der Waals surface area contributed by atoms with Crippen LogP contribution in [0, 0.1) is 6.92 Å². The van der Waals surface area contributed by atoms with Gasteiger partial charge in [-0.3, -0.25) is 4.79 Å². The normalized spacial score (nSPS) is 11.1. The van der Waals surface area contributed by atoms with Gasteiger partial charge in [0.1, 0.15) is 17.7 Å². The predicted molar refractivity (Wildman–Crippen MR) is 81.3 cm³/mol. The summed E-state index contributed by atoms with van der Waals surface area (Å²) in [5, 5.41) is 7.93. The fourth-order valence-corrected chi connectivity index (χ4v) is 2.33. The van der Waals surface area contributed by atoms with Crippen LogP contribution in [0.5, 0.6) is 0 Å². The quantitative estimate of drug-likeness (QED) is 0.610. The van der Waals surface area contributed by atoms with Gasteiger partial charge in [0.25, 0.3) is 5.78 Å². The second kappa shape index (κ2) is 4.66. The van der Waals surface area contributed by atoms with Gasteiger partial charge in [0.2, 0.25) is 0 Å². The Balaban J connectivity index is 1.82. The lowest BCUT2D eigenvalue weighted by Gasteiger charge is -2.09. The Morgan fingerprint density at radius 2 is 2.14 bits per heavy atom. The van der Waals surface area contributed by atoms with Crippen LogP contribution in [0.4, 0.5) is 11.5 Å². The molecule has 0 amide bonds. The summed E-state index contributed by atoms with van der Waals surface area (Å²) in [7, 11) is 0. The number of rotatable bonds is 2. The van der Waals surface area contributed by atoms with E-state index in [-0.39, 0.29) is 5.43 Å². The summed E-state index contributed by atoms with van der Waals surface area (Å²) >= 11 is 0. The average Bonchev–Trinajstić information content (AvgIpc) is 2.96. The highest BCUT2D eigenvalue weighted by atomic mass is 16.3. The molecular weight excluding hydrogens is 282 g/mol. The van der Waals surface area contributed by atoms with Crippen LogP contribution in [0.3, 0.4) is 0 Å². The number of hydrogen-bond donors (Lipinski definition) is 1. The van der Waals surface area contributed by atoms with Crippen molar-refractivity contribution in [3.8, 4) is 0 Å². The molecule has 1 N–H and O–H groups in total. The number of anilines is 2. The van der Waals surface area contributed by atoms with E-state index in [9.17, 15) is 4.79 Å². The number of aromatic nitrogens is 4. The molecule has 0 spiro atoms.